The van der Waals surface area contributed by atoms with Crippen molar-refractivity contribution in [2.75, 3.05) is 19.8 Å². The van der Waals surface area contributed by atoms with Gasteiger partial charge in [-0.05, 0) is 14.1 Å². The Morgan fingerprint density at radius 3 is 2.80 bits per heavy atom. The van der Waals surface area contributed by atoms with Gasteiger partial charge in [-0.2, -0.15) is 4.98 Å². The number of aromatic nitrogens is 1. The van der Waals surface area contributed by atoms with E-state index in [0.717, 1.165) is 0 Å². The number of hydrogen-bond donors (Lipinski definition) is 1. The number of hydrogen-bond acceptors (Lipinski definition) is 4. The Bertz CT molecular complexity index is 207. The van der Waals surface area contributed by atoms with Gasteiger partial charge in [0.15, 0.2) is 5.82 Å². The summed E-state index contributed by atoms with van der Waals surface area (Å²) in [4.78, 5) is 5.88. The molecular formula is C6H11N3O. The first kappa shape index (κ1) is 7.08. The first-order valence-corrected chi connectivity index (χ1v) is 3.03. The monoisotopic (exact) mass is 141 g/mol. The first-order chi connectivity index (χ1) is 4.68. The summed E-state index contributed by atoms with van der Waals surface area (Å²) < 4.78 is 5.00. The van der Waals surface area contributed by atoms with Crippen LogP contribution in [-0.2, 0) is 6.54 Å². The minimum Gasteiger partial charge on any atom is -0.445 e. The number of nitrogens with zero attached hydrogens (tertiary/aromatic N) is 2. The highest BCUT2D eigenvalue weighted by Crippen LogP contribution is 2.03. The SMILES string of the molecule is CN(C)Cc1nc(N)co1. The first-order valence-electron chi connectivity index (χ1n) is 3.03. The molecule has 0 saturated carbocycles. The van der Waals surface area contributed by atoms with E-state index >= 15 is 0 Å². The second-order valence-electron chi connectivity index (χ2n) is 2.40. The third kappa shape index (κ3) is 1.73. The van der Waals surface area contributed by atoms with E-state index in [1.165, 1.54) is 6.26 Å². The fourth-order valence-electron chi connectivity index (χ4n) is 0.668. The van der Waals surface area contributed by atoms with Gasteiger partial charge in [0.05, 0.1) is 6.54 Å². The minimum absolute atomic E-state index is 0.442. The molecule has 0 fully saturated rings. The lowest BCUT2D eigenvalue weighted by Crippen LogP contribution is -2.10. The van der Waals surface area contributed by atoms with E-state index in [1.54, 1.807) is 0 Å². The van der Waals surface area contributed by atoms with Gasteiger partial charge in [0.1, 0.15) is 6.26 Å². The third-order valence-corrected chi connectivity index (χ3v) is 1.02. The van der Waals surface area contributed by atoms with E-state index in [9.17, 15) is 0 Å². The van der Waals surface area contributed by atoms with E-state index in [1.807, 2.05) is 19.0 Å². The van der Waals surface area contributed by atoms with Gasteiger partial charge in [-0.1, -0.05) is 0 Å². The van der Waals surface area contributed by atoms with Crippen LogP contribution in [0.4, 0.5) is 5.82 Å². The fourth-order valence-corrected chi connectivity index (χ4v) is 0.668. The zero-order valence-corrected chi connectivity index (χ0v) is 6.16. The van der Waals surface area contributed by atoms with E-state index in [-0.39, 0.29) is 0 Å². The number of nitrogens with two attached hydrogens (primary N) is 1. The van der Waals surface area contributed by atoms with Gasteiger partial charge in [0.25, 0.3) is 0 Å². The molecule has 0 aromatic carbocycles. The van der Waals surface area contributed by atoms with E-state index in [2.05, 4.69) is 4.98 Å². The summed E-state index contributed by atoms with van der Waals surface area (Å²) in [6.45, 7) is 0.692. The summed E-state index contributed by atoms with van der Waals surface area (Å²) in [6.07, 6.45) is 1.44. The molecule has 10 heavy (non-hydrogen) atoms. The van der Waals surface area contributed by atoms with Crippen molar-refractivity contribution < 1.29 is 4.42 Å². The van der Waals surface area contributed by atoms with Crippen molar-refractivity contribution >= 4 is 5.82 Å². The van der Waals surface area contributed by atoms with Crippen LogP contribution >= 0.6 is 0 Å². The van der Waals surface area contributed by atoms with Gasteiger partial charge < -0.3 is 15.1 Å². The average Bonchev–Trinajstić information content (AvgIpc) is 2.13. The molecule has 4 heteroatoms. The second-order valence-corrected chi connectivity index (χ2v) is 2.40. The summed E-state index contributed by atoms with van der Waals surface area (Å²) in [5.41, 5.74) is 5.33. The lowest BCUT2D eigenvalue weighted by molar-refractivity contribution is 0.341. The molecule has 0 saturated heterocycles. The smallest absolute Gasteiger partial charge is 0.210 e. The lowest BCUT2D eigenvalue weighted by Gasteiger charge is -2.03. The predicted octanol–water partition coefficient (Wildman–Crippen LogP) is 0.318. The highest BCUT2D eigenvalue weighted by Gasteiger charge is 2.00. The normalized spacial score (nSPS) is 10.7. The molecule has 0 atom stereocenters. The molecule has 1 rings (SSSR count). The number of nitrogen functional groups attached to an aromatic ring is 1. The summed E-state index contributed by atoms with van der Waals surface area (Å²) in [6, 6.07) is 0. The van der Waals surface area contributed by atoms with Crippen LogP contribution in [0.5, 0.6) is 0 Å². The molecule has 0 amide bonds. The summed E-state index contributed by atoms with van der Waals surface area (Å²) in [5.74, 6) is 1.10. The second kappa shape index (κ2) is 2.70. The highest BCUT2D eigenvalue weighted by molar-refractivity contribution is 5.21. The number of anilines is 1. The van der Waals surface area contributed by atoms with Gasteiger partial charge in [-0.15, -0.1) is 0 Å². The van der Waals surface area contributed by atoms with Gasteiger partial charge >= 0.3 is 0 Å². The zero-order chi connectivity index (χ0) is 7.56. The molecular weight excluding hydrogens is 130 g/mol. The number of rotatable bonds is 2. The molecule has 0 spiro atoms. The Balaban J connectivity index is 2.58. The molecule has 0 unspecified atom stereocenters. The van der Waals surface area contributed by atoms with Crippen LogP contribution in [0.15, 0.2) is 10.7 Å². The summed E-state index contributed by atoms with van der Waals surface area (Å²) in [5, 5.41) is 0. The van der Waals surface area contributed by atoms with Crippen molar-refractivity contribution in [3.8, 4) is 0 Å². The van der Waals surface area contributed by atoms with Gasteiger partial charge in [-0.25, -0.2) is 0 Å². The quantitative estimate of drug-likeness (QED) is 0.644. The minimum atomic E-state index is 0.442. The zero-order valence-electron chi connectivity index (χ0n) is 6.16. The predicted molar refractivity (Wildman–Crippen MR) is 38.3 cm³/mol. The Labute approximate surface area is 59.6 Å². The largest absolute Gasteiger partial charge is 0.445 e. The van der Waals surface area contributed by atoms with Crippen molar-refractivity contribution in [3.05, 3.63) is 12.2 Å². The maximum atomic E-state index is 5.33. The molecule has 0 aliphatic heterocycles. The van der Waals surface area contributed by atoms with E-state index in [0.29, 0.717) is 18.3 Å². The molecule has 1 heterocycles. The molecule has 1 aromatic rings. The molecule has 0 aliphatic rings. The molecule has 0 radical (unpaired) electrons. The van der Waals surface area contributed by atoms with E-state index in [4.69, 9.17) is 10.2 Å². The highest BCUT2D eigenvalue weighted by atomic mass is 16.3. The van der Waals surface area contributed by atoms with Gasteiger partial charge in [0.2, 0.25) is 5.89 Å². The Kier molecular flexibility index (Phi) is 1.91. The molecule has 0 aliphatic carbocycles. The van der Waals surface area contributed by atoms with Crippen molar-refractivity contribution in [2.45, 2.75) is 6.54 Å². The Hall–Kier alpha value is -1.03. The standard InChI is InChI=1S/C6H11N3O/c1-9(2)3-6-8-5(7)4-10-6/h4H,3,7H2,1-2H3. The average molecular weight is 141 g/mol. The van der Waals surface area contributed by atoms with Crippen molar-refractivity contribution in [2.24, 2.45) is 0 Å². The summed E-state index contributed by atoms with van der Waals surface area (Å²) in [7, 11) is 3.89. The van der Waals surface area contributed by atoms with Gasteiger partial charge in [0, 0.05) is 0 Å². The Morgan fingerprint density at radius 1 is 1.70 bits per heavy atom. The third-order valence-electron chi connectivity index (χ3n) is 1.02. The molecule has 2 N–H and O–H groups in total. The van der Waals surface area contributed by atoms with Crippen molar-refractivity contribution in [3.63, 3.8) is 0 Å². The van der Waals surface area contributed by atoms with Crippen LogP contribution in [0.25, 0.3) is 0 Å². The van der Waals surface area contributed by atoms with Crippen LogP contribution in [-0.4, -0.2) is 24.0 Å². The topological polar surface area (TPSA) is 55.3 Å². The van der Waals surface area contributed by atoms with Crippen molar-refractivity contribution in [1.29, 1.82) is 0 Å². The van der Waals surface area contributed by atoms with E-state index < -0.39 is 0 Å². The maximum absolute atomic E-state index is 5.33. The van der Waals surface area contributed by atoms with Crippen LogP contribution < -0.4 is 5.73 Å². The van der Waals surface area contributed by atoms with Crippen LogP contribution in [0.3, 0.4) is 0 Å². The van der Waals surface area contributed by atoms with Crippen LogP contribution in [0.1, 0.15) is 5.89 Å². The Morgan fingerprint density at radius 2 is 2.40 bits per heavy atom. The fraction of sp³-hybridized carbons (Fsp3) is 0.500. The van der Waals surface area contributed by atoms with Crippen LogP contribution in [0, 0.1) is 0 Å². The molecule has 56 valence electrons. The van der Waals surface area contributed by atoms with Crippen LogP contribution in [0.2, 0.25) is 0 Å². The number of oxazole rings is 1. The molecule has 1 aromatic heterocycles. The van der Waals surface area contributed by atoms with Gasteiger partial charge in [-0.3, -0.25) is 0 Å². The van der Waals surface area contributed by atoms with Crippen molar-refractivity contribution in [1.82, 2.24) is 9.88 Å². The molecule has 0 bridgehead atoms. The molecule has 4 nitrogen and oxygen atoms in total. The summed E-state index contributed by atoms with van der Waals surface area (Å²) >= 11 is 0. The maximum Gasteiger partial charge on any atom is 0.210 e. The lowest BCUT2D eigenvalue weighted by atomic mass is 10.6.